The molecule has 8 heteroatoms. The molecule has 0 bridgehead atoms. The van der Waals surface area contributed by atoms with E-state index < -0.39 is 5.60 Å². The maximum absolute atomic E-state index is 12.1. The van der Waals surface area contributed by atoms with Crippen LogP contribution >= 0.6 is 0 Å². The summed E-state index contributed by atoms with van der Waals surface area (Å²) in [5.41, 5.74) is -0.444. The molecule has 1 amide bonds. The molecule has 0 aromatic heterocycles. The molecule has 26 heavy (non-hydrogen) atoms. The van der Waals surface area contributed by atoms with Crippen molar-refractivity contribution in [2.24, 2.45) is 4.99 Å². The van der Waals surface area contributed by atoms with Crippen LogP contribution in [0.3, 0.4) is 0 Å². The van der Waals surface area contributed by atoms with Gasteiger partial charge in [-0.1, -0.05) is 0 Å². The zero-order chi connectivity index (χ0) is 19.4. The minimum absolute atomic E-state index is 0.219. The number of ether oxygens (including phenoxy) is 2. The fourth-order valence-electron chi connectivity index (χ4n) is 2.51. The molecule has 1 rings (SSSR count). The summed E-state index contributed by atoms with van der Waals surface area (Å²) in [7, 11) is 0. The van der Waals surface area contributed by atoms with Gasteiger partial charge in [0.2, 0.25) is 0 Å². The molecule has 152 valence electrons. The lowest BCUT2D eigenvalue weighted by atomic mass is 10.2. The lowest BCUT2D eigenvalue weighted by molar-refractivity contribution is 0.0148. The van der Waals surface area contributed by atoms with Crippen LogP contribution in [0.4, 0.5) is 4.79 Å². The molecular formula is C18H37N5O3. The van der Waals surface area contributed by atoms with Crippen molar-refractivity contribution in [3.05, 3.63) is 0 Å². The molecule has 0 aromatic rings. The van der Waals surface area contributed by atoms with Gasteiger partial charge in [-0.05, 0) is 34.6 Å². The van der Waals surface area contributed by atoms with E-state index in [1.807, 2.05) is 27.7 Å². The van der Waals surface area contributed by atoms with Crippen molar-refractivity contribution in [2.45, 2.75) is 40.2 Å². The van der Waals surface area contributed by atoms with E-state index >= 15 is 0 Å². The van der Waals surface area contributed by atoms with Crippen molar-refractivity contribution in [1.29, 1.82) is 0 Å². The van der Waals surface area contributed by atoms with E-state index in [1.54, 1.807) is 4.90 Å². The van der Waals surface area contributed by atoms with Gasteiger partial charge < -0.3 is 25.0 Å². The summed E-state index contributed by atoms with van der Waals surface area (Å²) < 4.78 is 10.8. The third-order valence-corrected chi connectivity index (χ3v) is 3.80. The van der Waals surface area contributed by atoms with Crippen molar-refractivity contribution in [1.82, 2.24) is 20.4 Å². The molecule has 0 aliphatic carbocycles. The quantitative estimate of drug-likeness (QED) is 0.378. The predicted molar refractivity (Wildman–Crippen MR) is 105 cm³/mol. The first-order valence-corrected chi connectivity index (χ1v) is 9.66. The number of rotatable bonds is 8. The first-order valence-electron chi connectivity index (χ1n) is 9.66. The molecule has 1 aliphatic rings. The molecule has 8 nitrogen and oxygen atoms in total. The monoisotopic (exact) mass is 371 g/mol. The number of carbonyl (C=O) groups excluding carboxylic acids is 1. The van der Waals surface area contributed by atoms with Crippen LogP contribution in [-0.4, -0.2) is 93.0 Å². The zero-order valence-corrected chi connectivity index (χ0v) is 17.1. The lowest BCUT2D eigenvalue weighted by Gasteiger charge is -2.35. The number of nitrogens with one attached hydrogen (secondary N) is 2. The van der Waals surface area contributed by atoms with Gasteiger partial charge in [0.25, 0.3) is 0 Å². The van der Waals surface area contributed by atoms with Crippen molar-refractivity contribution in [3.63, 3.8) is 0 Å². The summed E-state index contributed by atoms with van der Waals surface area (Å²) in [4.78, 5) is 20.8. The zero-order valence-electron chi connectivity index (χ0n) is 17.1. The maximum Gasteiger partial charge on any atom is 0.410 e. The van der Waals surface area contributed by atoms with Crippen LogP contribution in [0.1, 0.15) is 34.6 Å². The average Bonchev–Trinajstić information content (AvgIpc) is 2.57. The predicted octanol–water partition coefficient (Wildman–Crippen LogP) is 1.13. The number of nitrogens with zero attached hydrogens (tertiary/aromatic N) is 3. The van der Waals surface area contributed by atoms with Gasteiger partial charge in [-0.15, -0.1) is 0 Å². The molecular weight excluding hydrogens is 334 g/mol. The number of carbonyl (C=O) groups is 1. The smallest absolute Gasteiger partial charge is 0.410 e. The van der Waals surface area contributed by atoms with Crippen molar-refractivity contribution in [2.75, 3.05) is 65.6 Å². The molecule has 1 aliphatic heterocycles. The Bertz CT molecular complexity index is 429. The Morgan fingerprint density at radius 2 is 1.81 bits per heavy atom. The second-order valence-corrected chi connectivity index (χ2v) is 7.19. The highest BCUT2D eigenvalue weighted by atomic mass is 16.6. The minimum Gasteiger partial charge on any atom is -0.444 e. The van der Waals surface area contributed by atoms with Crippen molar-refractivity contribution >= 4 is 12.1 Å². The molecule has 1 heterocycles. The largest absolute Gasteiger partial charge is 0.444 e. The van der Waals surface area contributed by atoms with Crippen LogP contribution in [0.25, 0.3) is 0 Å². The number of piperazine rings is 1. The average molecular weight is 372 g/mol. The molecule has 1 fully saturated rings. The standard InChI is InChI=1S/C18H37N5O3/c1-6-19-16(21-9-15-25-7-2)20-8-10-22-11-13-23(14-12-22)17(24)26-18(3,4)5/h6-15H2,1-5H3,(H2,19,20,21). The molecule has 2 N–H and O–H groups in total. The first-order chi connectivity index (χ1) is 12.4. The SMILES string of the molecule is CCNC(=NCCN1CCN(C(=O)OC(C)(C)C)CC1)NCCOCC. The summed E-state index contributed by atoms with van der Waals surface area (Å²) >= 11 is 0. The summed E-state index contributed by atoms with van der Waals surface area (Å²) in [6, 6.07) is 0. The van der Waals surface area contributed by atoms with E-state index in [4.69, 9.17) is 9.47 Å². The Kier molecular flexibility index (Phi) is 10.3. The van der Waals surface area contributed by atoms with Gasteiger partial charge >= 0.3 is 6.09 Å². The Balaban J connectivity index is 2.29. The highest BCUT2D eigenvalue weighted by Gasteiger charge is 2.25. The summed E-state index contributed by atoms with van der Waals surface area (Å²) in [6.45, 7) is 17.4. The van der Waals surface area contributed by atoms with Crippen LogP contribution in [0, 0.1) is 0 Å². The normalized spacial score (nSPS) is 16.5. The maximum atomic E-state index is 12.1. The van der Waals surface area contributed by atoms with Gasteiger partial charge in [-0.2, -0.15) is 0 Å². The van der Waals surface area contributed by atoms with E-state index in [0.29, 0.717) is 19.7 Å². The van der Waals surface area contributed by atoms with Gasteiger partial charge in [0.05, 0.1) is 13.2 Å². The molecule has 1 saturated heterocycles. The Labute approximate surface area is 158 Å². The molecule has 0 unspecified atom stereocenters. The molecule has 0 saturated carbocycles. The van der Waals surface area contributed by atoms with E-state index in [0.717, 1.165) is 51.8 Å². The van der Waals surface area contributed by atoms with E-state index in [1.165, 1.54) is 0 Å². The third kappa shape index (κ3) is 9.82. The lowest BCUT2D eigenvalue weighted by Crippen LogP contribution is -2.50. The Hall–Kier alpha value is -1.54. The third-order valence-electron chi connectivity index (χ3n) is 3.80. The van der Waals surface area contributed by atoms with Gasteiger partial charge in [0.15, 0.2) is 5.96 Å². The van der Waals surface area contributed by atoms with Gasteiger partial charge in [0.1, 0.15) is 5.60 Å². The minimum atomic E-state index is -0.444. The van der Waals surface area contributed by atoms with Crippen LogP contribution in [0.15, 0.2) is 4.99 Å². The second-order valence-electron chi connectivity index (χ2n) is 7.19. The number of hydrogen-bond donors (Lipinski definition) is 2. The van der Waals surface area contributed by atoms with Crippen molar-refractivity contribution in [3.8, 4) is 0 Å². The summed E-state index contributed by atoms with van der Waals surface area (Å²) in [6.07, 6.45) is -0.219. The van der Waals surface area contributed by atoms with E-state index in [-0.39, 0.29) is 6.09 Å². The summed E-state index contributed by atoms with van der Waals surface area (Å²) in [5.74, 6) is 0.819. The molecule has 0 aromatic carbocycles. The Morgan fingerprint density at radius 3 is 2.38 bits per heavy atom. The van der Waals surface area contributed by atoms with E-state index in [9.17, 15) is 4.79 Å². The summed E-state index contributed by atoms with van der Waals surface area (Å²) in [5, 5.41) is 6.50. The molecule has 0 spiro atoms. The second kappa shape index (κ2) is 12.0. The Morgan fingerprint density at radius 1 is 1.12 bits per heavy atom. The van der Waals surface area contributed by atoms with Crippen molar-refractivity contribution < 1.29 is 14.3 Å². The van der Waals surface area contributed by atoms with Gasteiger partial charge in [-0.25, -0.2) is 4.79 Å². The highest BCUT2D eigenvalue weighted by molar-refractivity contribution is 5.79. The fraction of sp³-hybridized carbons (Fsp3) is 0.889. The highest BCUT2D eigenvalue weighted by Crippen LogP contribution is 2.11. The fourth-order valence-corrected chi connectivity index (χ4v) is 2.51. The number of hydrogen-bond acceptors (Lipinski definition) is 5. The van der Waals surface area contributed by atoms with Crippen LogP contribution in [-0.2, 0) is 9.47 Å². The number of amides is 1. The molecule has 0 radical (unpaired) electrons. The van der Waals surface area contributed by atoms with Gasteiger partial charge in [0, 0.05) is 52.4 Å². The van der Waals surface area contributed by atoms with Crippen LogP contribution in [0.5, 0.6) is 0 Å². The molecule has 0 atom stereocenters. The van der Waals surface area contributed by atoms with Gasteiger partial charge in [-0.3, -0.25) is 9.89 Å². The topological polar surface area (TPSA) is 78.4 Å². The number of guanidine groups is 1. The first kappa shape index (κ1) is 22.5. The van der Waals surface area contributed by atoms with Crippen LogP contribution < -0.4 is 10.6 Å². The number of aliphatic imine (C=N–C) groups is 1. The van der Waals surface area contributed by atoms with E-state index in [2.05, 4.69) is 27.4 Å². The van der Waals surface area contributed by atoms with Crippen LogP contribution in [0.2, 0.25) is 0 Å².